The van der Waals surface area contributed by atoms with Gasteiger partial charge in [-0.05, 0) is 53.8 Å². The van der Waals surface area contributed by atoms with E-state index in [1.54, 1.807) is 17.8 Å². The van der Waals surface area contributed by atoms with Crippen LogP contribution in [-0.4, -0.2) is 12.2 Å². The van der Waals surface area contributed by atoms with Crippen LogP contribution in [0.25, 0.3) is 6.08 Å². The highest BCUT2D eigenvalue weighted by Gasteiger charge is 2.03. The number of hydrogen-bond acceptors (Lipinski definition) is 3. The monoisotopic (exact) mass is 390 g/mol. The summed E-state index contributed by atoms with van der Waals surface area (Å²) < 4.78 is 0. The third-order valence-corrected chi connectivity index (χ3v) is 5.01. The third-order valence-electron chi connectivity index (χ3n) is 4.27. The normalized spacial score (nSPS) is 10.8. The first-order valence-corrected chi connectivity index (χ1v) is 10.2. The molecular formula is C23H24N3OS+. The number of nitrogens with one attached hydrogen (secondary N) is 2. The molecule has 3 rings (SSSR count). The van der Waals surface area contributed by atoms with Crippen molar-refractivity contribution in [3.05, 3.63) is 90.0 Å². The highest BCUT2D eigenvalue weighted by atomic mass is 32.2. The number of rotatable bonds is 7. The zero-order valence-electron chi connectivity index (χ0n) is 15.8. The molecule has 0 aliphatic rings. The highest BCUT2D eigenvalue weighted by Crippen LogP contribution is 2.18. The van der Waals surface area contributed by atoms with E-state index in [0.717, 1.165) is 29.2 Å². The van der Waals surface area contributed by atoms with E-state index in [9.17, 15) is 4.79 Å². The van der Waals surface area contributed by atoms with Crippen molar-refractivity contribution >= 4 is 40.8 Å². The minimum Gasteiger partial charge on any atom is -0.381 e. The van der Waals surface area contributed by atoms with Gasteiger partial charge in [-0.3, -0.25) is 4.79 Å². The first-order chi connectivity index (χ1) is 13.6. The van der Waals surface area contributed by atoms with Crippen LogP contribution in [0.5, 0.6) is 0 Å². The van der Waals surface area contributed by atoms with Crippen LogP contribution in [0.4, 0.5) is 17.1 Å². The lowest BCUT2D eigenvalue weighted by Crippen LogP contribution is -2.41. The van der Waals surface area contributed by atoms with Crippen molar-refractivity contribution in [2.24, 2.45) is 0 Å². The number of carbonyl (C=O) groups excluding carboxylic acids is 1. The first-order valence-electron chi connectivity index (χ1n) is 9.01. The lowest BCUT2D eigenvalue weighted by molar-refractivity contribution is -0.253. The molecular weight excluding hydrogens is 366 g/mol. The molecule has 0 saturated heterocycles. The average Bonchev–Trinajstić information content (AvgIpc) is 2.73. The highest BCUT2D eigenvalue weighted by molar-refractivity contribution is 7.98. The van der Waals surface area contributed by atoms with E-state index in [2.05, 4.69) is 59.0 Å². The van der Waals surface area contributed by atoms with Gasteiger partial charge in [-0.25, -0.2) is 0 Å². The number of anilines is 2. The maximum absolute atomic E-state index is 12.1. The van der Waals surface area contributed by atoms with Gasteiger partial charge in [-0.2, -0.15) is 0 Å². The van der Waals surface area contributed by atoms with Crippen LogP contribution in [0.2, 0.25) is 0 Å². The van der Waals surface area contributed by atoms with Crippen molar-refractivity contribution in [1.82, 2.24) is 0 Å². The Bertz CT molecular complexity index is 950. The van der Waals surface area contributed by atoms with Crippen LogP contribution in [0.3, 0.4) is 0 Å². The molecule has 0 atom stereocenters. The van der Waals surface area contributed by atoms with Gasteiger partial charge >= 0.3 is 0 Å². The summed E-state index contributed by atoms with van der Waals surface area (Å²) >= 11 is 1.74. The van der Waals surface area contributed by atoms with Gasteiger partial charge in [-0.15, -0.1) is 11.8 Å². The van der Waals surface area contributed by atoms with Gasteiger partial charge in [0.1, 0.15) is 5.69 Å². The Morgan fingerprint density at radius 1 is 1.00 bits per heavy atom. The number of carbonyl (C=O) groups is 1. The largest absolute Gasteiger partial charge is 0.381 e. The van der Waals surface area contributed by atoms with Gasteiger partial charge in [0.25, 0.3) is 0 Å². The summed E-state index contributed by atoms with van der Waals surface area (Å²) in [6, 6.07) is 24.0. The van der Waals surface area contributed by atoms with E-state index >= 15 is 0 Å². The Labute approximate surface area is 169 Å². The second kappa shape index (κ2) is 9.78. The summed E-state index contributed by atoms with van der Waals surface area (Å²) in [4.78, 5) is 13.3. The molecule has 0 aromatic heterocycles. The second-order valence-corrected chi connectivity index (χ2v) is 7.18. The summed E-state index contributed by atoms with van der Waals surface area (Å²) in [7, 11) is 0. The predicted molar refractivity (Wildman–Crippen MR) is 119 cm³/mol. The molecule has 1 amide bonds. The van der Waals surface area contributed by atoms with Crippen LogP contribution in [0.1, 0.15) is 11.1 Å². The summed E-state index contributed by atoms with van der Waals surface area (Å²) in [5.41, 5.74) is 8.69. The van der Waals surface area contributed by atoms with Crippen molar-refractivity contribution in [2.45, 2.75) is 11.4 Å². The number of thioether (sulfide) groups is 1. The summed E-state index contributed by atoms with van der Waals surface area (Å²) in [5.74, 6) is -0.171. The van der Waals surface area contributed by atoms with Crippen molar-refractivity contribution in [3.63, 3.8) is 0 Å². The smallest absolute Gasteiger partial charge is 0.248 e. The molecule has 0 bridgehead atoms. The molecule has 5 heteroatoms. The van der Waals surface area contributed by atoms with Gasteiger partial charge in [0.2, 0.25) is 5.91 Å². The van der Waals surface area contributed by atoms with E-state index in [4.69, 9.17) is 0 Å². The molecule has 0 spiro atoms. The molecule has 0 heterocycles. The van der Waals surface area contributed by atoms with E-state index in [-0.39, 0.29) is 5.91 Å². The summed E-state index contributed by atoms with van der Waals surface area (Å²) in [6.45, 7) is 0.753. The molecule has 3 aromatic rings. The Hall–Kier alpha value is -3.02. The van der Waals surface area contributed by atoms with E-state index in [1.807, 2.05) is 36.4 Å². The Morgan fingerprint density at radius 3 is 2.39 bits per heavy atom. The SMILES string of the molecule is CSc1ccc(NCc2ccc(C=CC(=O)Nc3ccccc3[NH3+])cc2)cc1. The fourth-order valence-corrected chi connectivity index (χ4v) is 3.06. The van der Waals surface area contributed by atoms with E-state index in [1.165, 1.54) is 16.5 Å². The van der Waals surface area contributed by atoms with Crippen molar-refractivity contribution in [2.75, 3.05) is 16.9 Å². The van der Waals surface area contributed by atoms with Crippen molar-refractivity contribution < 1.29 is 10.5 Å². The number of hydrogen-bond donors (Lipinski definition) is 3. The summed E-state index contributed by atoms with van der Waals surface area (Å²) in [6.07, 6.45) is 5.41. The molecule has 0 saturated carbocycles. The molecule has 0 radical (unpaired) electrons. The number of benzene rings is 3. The predicted octanol–water partition coefficient (Wildman–Crippen LogP) is 4.55. The average molecular weight is 391 g/mol. The maximum Gasteiger partial charge on any atom is 0.248 e. The molecule has 28 heavy (non-hydrogen) atoms. The van der Waals surface area contributed by atoms with Crippen LogP contribution in [-0.2, 0) is 11.3 Å². The Kier molecular flexibility index (Phi) is 6.89. The standard InChI is InChI=1S/C23H23N3OS/c1-28-20-13-11-19(12-14-20)25-16-18-8-6-17(7-9-18)10-15-23(27)26-22-5-3-2-4-21(22)24/h2-15,25H,16,24H2,1H3,(H,26,27)/p+1. The zero-order valence-corrected chi connectivity index (χ0v) is 16.6. The van der Waals surface area contributed by atoms with Crippen LogP contribution in [0.15, 0.2) is 83.8 Å². The second-order valence-electron chi connectivity index (χ2n) is 6.30. The van der Waals surface area contributed by atoms with Gasteiger partial charge in [0, 0.05) is 29.3 Å². The lowest BCUT2D eigenvalue weighted by atomic mass is 10.1. The van der Waals surface area contributed by atoms with Crippen LogP contribution >= 0.6 is 11.8 Å². The van der Waals surface area contributed by atoms with Gasteiger partial charge in [0.05, 0.1) is 0 Å². The van der Waals surface area contributed by atoms with Crippen LogP contribution in [0, 0.1) is 0 Å². The molecule has 3 aromatic carbocycles. The minimum atomic E-state index is -0.171. The van der Waals surface area contributed by atoms with Gasteiger partial charge in [0.15, 0.2) is 5.69 Å². The third kappa shape index (κ3) is 5.74. The van der Waals surface area contributed by atoms with Crippen LogP contribution < -0.4 is 16.4 Å². The Morgan fingerprint density at radius 2 is 1.71 bits per heavy atom. The summed E-state index contributed by atoms with van der Waals surface area (Å²) in [5, 5.41) is 6.26. The number of amides is 1. The van der Waals surface area contributed by atoms with Gasteiger partial charge < -0.3 is 16.4 Å². The first kappa shape index (κ1) is 19.7. The topological polar surface area (TPSA) is 68.8 Å². The molecule has 4 nitrogen and oxygen atoms in total. The number of quaternary nitrogens is 1. The van der Waals surface area contributed by atoms with Gasteiger partial charge in [-0.1, -0.05) is 36.4 Å². The fourth-order valence-electron chi connectivity index (χ4n) is 2.65. The molecule has 0 aliphatic heterocycles. The van der Waals surface area contributed by atoms with Crippen molar-refractivity contribution in [1.29, 1.82) is 0 Å². The zero-order chi connectivity index (χ0) is 19.8. The number of para-hydroxylation sites is 1. The molecule has 142 valence electrons. The Balaban J connectivity index is 1.52. The fraction of sp³-hybridized carbons (Fsp3) is 0.0870. The molecule has 0 fully saturated rings. The lowest BCUT2D eigenvalue weighted by Gasteiger charge is -2.07. The minimum absolute atomic E-state index is 0.171. The van der Waals surface area contributed by atoms with Crippen molar-refractivity contribution in [3.8, 4) is 0 Å². The quantitative estimate of drug-likeness (QED) is 0.410. The molecule has 0 unspecified atom stereocenters. The molecule has 0 aliphatic carbocycles. The van der Waals surface area contributed by atoms with E-state index in [0.29, 0.717) is 0 Å². The van der Waals surface area contributed by atoms with E-state index < -0.39 is 0 Å². The maximum atomic E-state index is 12.1. The molecule has 5 N–H and O–H groups in total.